The summed E-state index contributed by atoms with van der Waals surface area (Å²) in [5.41, 5.74) is 1.67. The van der Waals surface area contributed by atoms with Gasteiger partial charge in [-0.3, -0.25) is 4.79 Å². The number of aromatic nitrogens is 3. The lowest BCUT2D eigenvalue weighted by molar-refractivity contribution is -0.126. The molecule has 0 bridgehead atoms. The highest BCUT2D eigenvalue weighted by atomic mass is 19.1. The predicted octanol–water partition coefficient (Wildman–Crippen LogP) is 6.26. The lowest BCUT2D eigenvalue weighted by Crippen LogP contribution is -2.41. The van der Waals surface area contributed by atoms with E-state index in [1.165, 1.54) is 24.9 Å². The summed E-state index contributed by atoms with van der Waals surface area (Å²) in [5, 5.41) is 10.8. The van der Waals surface area contributed by atoms with Crippen molar-refractivity contribution < 1.29 is 18.7 Å². The average molecular weight is 584 g/mol. The number of hydrogen-bond donors (Lipinski definition) is 3. The van der Waals surface area contributed by atoms with Gasteiger partial charge in [-0.2, -0.15) is 0 Å². The van der Waals surface area contributed by atoms with E-state index < -0.39 is 5.82 Å². The molecule has 3 N–H and O–H groups in total. The largest absolute Gasteiger partial charge is 0.495 e. The Bertz CT molecular complexity index is 1640. The van der Waals surface area contributed by atoms with Gasteiger partial charge in [-0.05, 0) is 62.4 Å². The van der Waals surface area contributed by atoms with Crippen LogP contribution in [-0.4, -0.2) is 58.0 Å². The first-order valence-corrected chi connectivity index (χ1v) is 14.5. The fourth-order valence-electron chi connectivity index (χ4n) is 5.30. The van der Waals surface area contributed by atoms with E-state index in [9.17, 15) is 4.79 Å². The molecule has 1 saturated heterocycles. The fourth-order valence-corrected chi connectivity index (χ4v) is 5.30. The molecule has 222 valence electrons. The van der Waals surface area contributed by atoms with Crippen molar-refractivity contribution in [3.63, 3.8) is 0 Å². The zero-order chi connectivity index (χ0) is 29.8. The van der Waals surface area contributed by atoms with Crippen molar-refractivity contribution in [2.45, 2.75) is 44.2 Å². The standard InChI is InChI=1S/C32H34FN7O3/c1-3-31(41)40-13-10-21(11-14-40)37-28-17-24-27(18-29(28)42-2)35-19-36-32(24)39-26-8-7-22(15-25(26)33)43-23-9-12-34-30(16-23)38-20-5-4-6-20/h3,7-9,12,15-21,37H,1,4-6,10-11,13-14H2,2H3,(H,34,38)(H,35,36,39). The van der Waals surface area contributed by atoms with Crippen molar-refractivity contribution in [2.75, 3.05) is 36.1 Å². The average Bonchev–Trinajstić information content (AvgIpc) is 3.00. The van der Waals surface area contributed by atoms with Gasteiger partial charge in [0.2, 0.25) is 5.91 Å². The van der Waals surface area contributed by atoms with E-state index in [1.54, 1.807) is 36.4 Å². The predicted molar refractivity (Wildman–Crippen MR) is 165 cm³/mol. The van der Waals surface area contributed by atoms with Crippen molar-refractivity contribution in [1.82, 2.24) is 19.9 Å². The lowest BCUT2D eigenvalue weighted by atomic mass is 9.93. The number of likely N-dealkylation sites (tertiary alicyclic amines) is 1. The Hall–Kier alpha value is -4.93. The Labute approximate surface area is 249 Å². The molecule has 3 heterocycles. The number of fused-ring (bicyclic) bond motifs is 1. The van der Waals surface area contributed by atoms with Gasteiger partial charge in [0.15, 0.2) is 0 Å². The van der Waals surface area contributed by atoms with Gasteiger partial charge < -0.3 is 30.3 Å². The Morgan fingerprint density at radius 2 is 1.77 bits per heavy atom. The number of pyridine rings is 1. The molecule has 1 saturated carbocycles. The fraction of sp³-hybridized carbons (Fsp3) is 0.312. The first-order valence-electron chi connectivity index (χ1n) is 14.5. The van der Waals surface area contributed by atoms with Crippen molar-refractivity contribution in [3.8, 4) is 17.2 Å². The van der Waals surface area contributed by atoms with Crippen LogP contribution >= 0.6 is 0 Å². The Morgan fingerprint density at radius 3 is 2.49 bits per heavy atom. The molecule has 11 heteroatoms. The second kappa shape index (κ2) is 12.5. The molecule has 4 aromatic rings. The number of methoxy groups -OCH3 is 1. The maximum Gasteiger partial charge on any atom is 0.245 e. The highest BCUT2D eigenvalue weighted by Gasteiger charge is 2.23. The molecule has 2 aliphatic rings. The number of benzene rings is 2. The Kier molecular flexibility index (Phi) is 8.21. The number of rotatable bonds is 10. The van der Waals surface area contributed by atoms with Crippen LogP contribution in [0.5, 0.6) is 17.2 Å². The third-order valence-corrected chi connectivity index (χ3v) is 7.92. The molecule has 1 amide bonds. The first kappa shape index (κ1) is 28.2. The zero-order valence-electron chi connectivity index (χ0n) is 24.0. The normalized spacial score (nSPS) is 15.4. The van der Waals surface area contributed by atoms with Gasteiger partial charge in [-0.15, -0.1) is 0 Å². The van der Waals surface area contributed by atoms with Gasteiger partial charge in [0.1, 0.15) is 41.0 Å². The van der Waals surface area contributed by atoms with Crippen LogP contribution in [0, 0.1) is 5.82 Å². The molecule has 6 rings (SSSR count). The van der Waals surface area contributed by atoms with Crippen molar-refractivity contribution >= 4 is 39.8 Å². The molecule has 2 fully saturated rings. The summed E-state index contributed by atoms with van der Waals surface area (Å²) in [6.45, 7) is 4.87. The van der Waals surface area contributed by atoms with E-state index in [0.29, 0.717) is 53.1 Å². The number of anilines is 4. The number of hydrogen-bond acceptors (Lipinski definition) is 9. The molecular formula is C32H34FN7O3. The van der Waals surface area contributed by atoms with Gasteiger partial charge in [0, 0.05) is 55.0 Å². The van der Waals surface area contributed by atoms with E-state index in [2.05, 4.69) is 37.5 Å². The molecule has 43 heavy (non-hydrogen) atoms. The summed E-state index contributed by atoms with van der Waals surface area (Å²) in [6, 6.07) is 12.6. The minimum Gasteiger partial charge on any atom is -0.495 e. The highest BCUT2D eigenvalue weighted by molar-refractivity contribution is 5.95. The minimum absolute atomic E-state index is 0.0514. The molecule has 0 spiro atoms. The Morgan fingerprint density at radius 1 is 0.977 bits per heavy atom. The van der Waals surface area contributed by atoms with Crippen LogP contribution in [0.1, 0.15) is 32.1 Å². The van der Waals surface area contributed by atoms with Crippen molar-refractivity contribution in [3.05, 3.63) is 73.5 Å². The van der Waals surface area contributed by atoms with Crippen molar-refractivity contribution in [2.24, 2.45) is 0 Å². The van der Waals surface area contributed by atoms with E-state index >= 15 is 4.39 Å². The van der Waals surface area contributed by atoms with Gasteiger partial charge >= 0.3 is 0 Å². The van der Waals surface area contributed by atoms with E-state index in [4.69, 9.17) is 9.47 Å². The lowest BCUT2D eigenvalue weighted by Gasteiger charge is -2.32. The number of nitrogens with zero attached hydrogens (tertiary/aromatic N) is 4. The maximum atomic E-state index is 15.3. The van der Waals surface area contributed by atoms with Gasteiger partial charge in [0.25, 0.3) is 0 Å². The molecule has 0 radical (unpaired) electrons. The number of halogens is 1. The van der Waals surface area contributed by atoms with Gasteiger partial charge in [-0.25, -0.2) is 19.3 Å². The SMILES string of the molecule is C=CC(=O)N1CCC(Nc2cc3c(Nc4ccc(Oc5ccnc(NC6CCC6)c5)cc4F)ncnc3cc2OC)CC1. The summed E-state index contributed by atoms with van der Waals surface area (Å²) in [6.07, 6.45) is 9.53. The van der Waals surface area contributed by atoms with E-state index in [1.807, 2.05) is 18.2 Å². The third-order valence-electron chi connectivity index (χ3n) is 7.92. The number of carbonyl (C=O) groups excluding carboxylic acids is 1. The molecule has 1 aliphatic carbocycles. The molecule has 0 unspecified atom stereocenters. The third kappa shape index (κ3) is 6.45. The number of nitrogens with one attached hydrogen (secondary N) is 3. The molecule has 2 aromatic heterocycles. The number of amides is 1. The smallest absolute Gasteiger partial charge is 0.245 e. The van der Waals surface area contributed by atoms with E-state index in [0.717, 1.165) is 37.2 Å². The zero-order valence-corrected chi connectivity index (χ0v) is 24.0. The van der Waals surface area contributed by atoms with E-state index in [-0.39, 0.29) is 17.6 Å². The molecule has 1 aliphatic heterocycles. The Balaban J connectivity index is 1.18. The van der Waals surface area contributed by atoms with Crippen LogP contribution in [0.3, 0.4) is 0 Å². The number of piperidine rings is 1. The molecular weight excluding hydrogens is 549 g/mol. The quantitative estimate of drug-likeness (QED) is 0.186. The van der Waals surface area contributed by atoms with Crippen LogP contribution in [0.15, 0.2) is 67.6 Å². The topological polar surface area (TPSA) is 114 Å². The molecule has 10 nitrogen and oxygen atoms in total. The van der Waals surface area contributed by atoms with Crippen LogP contribution in [0.2, 0.25) is 0 Å². The summed E-state index contributed by atoms with van der Waals surface area (Å²) >= 11 is 0. The summed E-state index contributed by atoms with van der Waals surface area (Å²) in [7, 11) is 1.61. The van der Waals surface area contributed by atoms with Gasteiger partial charge in [-0.1, -0.05) is 6.58 Å². The second-order valence-electron chi connectivity index (χ2n) is 10.8. The number of carbonyl (C=O) groups is 1. The highest BCUT2D eigenvalue weighted by Crippen LogP contribution is 2.35. The van der Waals surface area contributed by atoms with Crippen molar-refractivity contribution in [1.29, 1.82) is 0 Å². The summed E-state index contributed by atoms with van der Waals surface area (Å²) in [4.78, 5) is 26.9. The van der Waals surface area contributed by atoms with Crippen LogP contribution in [0.25, 0.3) is 10.9 Å². The second-order valence-corrected chi connectivity index (χ2v) is 10.8. The van der Waals surface area contributed by atoms with Crippen LogP contribution < -0.4 is 25.4 Å². The monoisotopic (exact) mass is 583 g/mol. The molecule has 2 aromatic carbocycles. The number of ether oxygens (including phenoxy) is 2. The first-order chi connectivity index (χ1) is 21.0. The summed E-state index contributed by atoms with van der Waals surface area (Å²) < 4.78 is 26.9. The minimum atomic E-state index is -0.487. The van der Waals surface area contributed by atoms with Crippen LogP contribution in [-0.2, 0) is 4.79 Å². The molecule has 0 atom stereocenters. The van der Waals surface area contributed by atoms with Gasteiger partial charge in [0.05, 0.1) is 24.0 Å². The maximum absolute atomic E-state index is 15.3. The van der Waals surface area contributed by atoms with Crippen LogP contribution in [0.4, 0.5) is 27.4 Å². The summed E-state index contributed by atoms with van der Waals surface area (Å²) in [5.74, 6) is 2.24.